The molecule has 186 valence electrons. The lowest BCUT2D eigenvalue weighted by molar-refractivity contribution is -0.116. The average molecular weight is 569 g/mol. The molecule has 3 aromatic rings. The molecule has 0 bridgehead atoms. The van der Waals surface area contributed by atoms with Crippen molar-refractivity contribution in [2.75, 3.05) is 12.4 Å². The van der Waals surface area contributed by atoms with E-state index in [2.05, 4.69) is 45.6 Å². The molecular weight excluding hydrogens is 544 g/mol. The van der Waals surface area contributed by atoms with Crippen LogP contribution in [0.15, 0.2) is 70.0 Å². The Labute approximate surface area is 222 Å². The topological polar surface area (TPSA) is 96.9 Å². The fourth-order valence-electron chi connectivity index (χ4n) is 3.57. The molecule has 1 aliphatic rings. The van der Waals surface area contributed by atoms with Gasteiger partial charge in [-0.1, -0.05) is 43.0 Å². The molecule has 0 spiro atoms. The van der Waals surface area contributed by atoms with Gasteiger partial charge in [0.25, 0.3) is 5.91 Å². The van der Waals surface area contributed by atoms with Crippen LogP contribution in [0.25, 0.3) is 6.08 Å². The van der Waals surface area contributed by atoms with Gasteiger partial charge >= 0.3 is 5.97 Å². The summed E-state index contributed by atoms with van der Waals surface area (Å²) in [5.41, 5.74) is 3.75. The minimum atomic E-state index is -0.974. The Kier molecular flexibility index (Phi) is 8.22. The number of rotatable bonds is 9. The van der Waals surface area contributed by atoms with E-state index in [1.54, 1.807) is 25.3 Å². The second-order valence-electron chi connectivity index (χ2n) is 8.00. The monoisotopic (exact) mass is 568 g/mol. The van der Waals surface area contributed by atoms with Gasteiger partial charge in [-0.2, -0.15) is 0 Å². The standard InChI is InChI=1S/C27H25BrN2O5S/c1-3-16-6-10-20(11-7-16)29-27-30-25(31)23(36-27)14-18-12-21(28)24(22(13-18)34-2)35-15-17-4-8-19(9-5-17)26(32)33/h4-14,27,29H,3,15H2,1-2H3,(H,30,31)(H,32,33)/b23-14-/t27-/m0/s1. The molecular formula is C27H25BrN2O5S. The van der Waals surface area contributed by atoms with Gasteiger partial charge in [0.15, 0.2) is 17.0 Å². The zero-order valence-corrected chi connectivity index (χ0v) is 22.1. The number of carboxylic acid groups (broad SMARTS) is 1. The summed E-state index contributed by atoms with van der Waals surface area (Å²) < 4.78 is 12.2. The molecule has 3 aromatic carbocycles. The summed E-state index contributed by atoms with van der Waals surface area (Å²) in [4.78, 5) is 24.2. The van der Waals surface area contributed by atoms with Gasteiger partial charge in [-0.25, -0.2) is 4.79 Å². The van der Waals surface area contributed by atoms with Gasteiger partial charge in [-0.15, -0.1) is 0 Å². The Bertz CT molecular complexity index is 1290. The maximum atomic E-state index is 12.6. The number of hydrogen-bond donors (Lipinski definition) is 3. The highest BCUT2D eigenvalue weighted by Crippen LogP contribution is 2.39. The number of hydrogen-bond acceptors (Lipinski definition) is 6. The minimum absolute atomic E-state index is 0.150. The molecule has 0 radical (unpaired) electrons. The van der Waals surface area contributed by atoms with Crippen LogP contribution < -0.4 is 20.1 Å². The van der Waals surface area contributed by atoms with Gasteiger partial charge < -0.3 is 25.2 Å². The molecule has 9 heteroatoms. The van der Waals surface area contributed by atoms with Crippen molar-refractivity contribution < 1.29 is 24.2 Å². The Morgan fingerprint density at radius 1 is 1.14 bits per heavy atom. The maximum absolute atomic E-state index is 12.6. The number of halogens is 1. The quantitative estimate of drug-likeness (QED) is 0.276. The first kappa shape index (κ1) is 25.7. The molecule has 4 rings (SSSR count). The molecule has 36 heavy (non-hydrogen) atoms. The van der Waals surface area contributed by atoms with Crippen LogP contribution in [0.2, 0.25) is 0 Å². The van der Waals surface area contributed by atoms with Crippen molar-refractivity contribution in [1.82, 2.24) is 5.32 Å². The number of amides is 1. The molecule has 1 aliphatic heterocycles. The lowest BCUT2D eigenvalue weighted by Gasteiger charge is -2.14. The predicted octanol–water partition coefficient (Wildman–Crippen LogP) is 5.90. The van der Waals surface area contributed by atoms with Gasteiger partial charge in [0, 0.05) is 5.69 Å². The van der Waals surface area contributed by atoms with E-state index in [4.69, 9.17) is 14.6 Å². The second-order valence-corrected chi connectivity index (χ2v) is 10.0. The Morgan fingerprint density at radius 2 is 1.83 bits per heavy atom. The molecule has 0 aliphatic carbocycles. The van der Waals surface area contributed by atoms with Crippen LogP contribution in [-0.4, -0.2) is 29.6 Å². The van der Waals surface area contributed by atoms with Crippen molar-refractivity contribution in [1.29, 1.82) is 0 Å². The lowest BCUT2D eigenvalue weighted by atomic mass is 10.1. The van der Waals surface area contributed by atoms with Crippen LogP contribution in [0.5, 0.6) is 11.5 Å². The third kappa shape index (κ3) is 6.22. The number of carboxylic acids is 1. The molecule has 1 heterocycles. The fourth-order valence-corrected chi connectivity index (χ4v) is 5.13. The number of aryl methyl sites for hydroxylation is 1. The van der Waals surface area contributed by atoms with Crippen molar-refractivity contribution in [3.63, 3.8) is 0 Å². The average Bonchev–Trinajstić information content (AvgIpc) is 3.21. The zero-order valence-electron chi connectivity index (χ0n) is 19.7. The number of anilines is 1. The molecule has 1 atom stereocenters. The molecule has 1 saturated heterocycles. The van der Waals surface area contributed by atoms with E-state index in [1.807, 2.05) is 24.3 Å². The minimum Gasteiger partial charge on any atom is -0.493 e. The summed E-state index contributed by atoms with van der Waals surface area (Å²) in [6.07, 6.45) is 2.79. The fraction of sp³-hybridized carbons (Fsp3) is 0.185. The normalized spacial score (nSPS) is 16.0. The first-order chi connectivity index (χ1) is 17.4. The highest BCUT2D eigenvalue weighted by atomic mass is 79.9. The number of ether oxygens (including phenoxy) is 2. The molecule has 1 amide bonds. The maximum Gasteiger partial charge on any atom is 0.335 e. The van der Waals surface area contributed by atoms with Crippen LogP contribution in [-0.2, 0) is 17.8 Å². The predicted molar refractivity (Wildman–Crippen MR) is 145 cm³/mol. The van der Waals surface area contributed by atoms with Crippen molar-refractivity contribution in [3.8, 4) is 11.5 Å². The molecule has 1 fully saturated rings. The van der Waals surface area contributed by atoms with Gasteiger partial charge in [0.05, 0.1) is 22.1 Å². The number of benzene rings is 3. The summed E-state index contributed by atoms with van der Waals surface area (Å²) in [5.74, 6) is -0.102. The van der Waals surface area contributed by atoms with Crippen LogP contribution in [0.1, 0.15) is 34.0 Å². The summed E-state index contributed by atoms with van der Waals surface area (Å²) >= 11 is 4.96. The SMILES string of the molecule is CCc1ccc(N[C@H]2NC(=O)/C(=C/c3cc(Br)c(OCc4ccc(C(=O)O)cc4)c(OC)c3)S2)cc1. The van der Waals surface area contributed by atoms with E-state index >= 15 is 0 Å². The largest absolute Gasteiger partial charge is 0.493 e. The van der Waals surface area contributed by atoms with Crippen LogP contribution in [0, 0.1) is 0 Å². The molecule has 0 saturated carbocycles. The van der Waals surface area contributed by atoms with E-state index < -0.39 is 5.97 Å². The third-order valence-electron chi connectivity index (χ3n) is 5.52. The van der Waals surface area contributed by atoms with Gasteiger partial charge in [0.2, 0.25) is 0 Å². The van der Waals surface area contributed by atoms with Crippen molar-refractivity contribution in [2.45, 2.75) is 25.4 Å². The summed E-state index contributed by atoms with van der Waals surface area (Å²) in [6, 6.07) is 18.3. The van der Waals surface area contributed by atoms with Crippen molar-refractivity contribution in [3.05, 3.63) is 92.3 Å². The van der Waals surface area contributed by atoms with E-state index in [1.165, 1.54) is 29.5 Å². The van der Waals surface area contributed by atoms with Crippen molar-refractivity contribution in [2.24, 2.45) is 0 Å². The number of carbonyl (C=O) groups excluding carboxylic acids is 1. The smallest absolute Gasteiger partial charge is 0.335 e. The summed E-state index contributed by atoms with van der Waals surface area (Å²) in [5, 5.41) is 15.3. The number of aromatic carboxylic acids is 1. The van der Waals surface area contributed by atoms with Crippen LogP contribution in [0.4, 0.5) is 5.69 Å². The van der Waals surface area contributed by atoms with Crippen LogP contribution in [0.3, 0.4) is 0 Å². The Hall–Kier alpha value is -3.43. The highest BCUT2D eigenvalue weighted by molar-refractivity contribution is 9.10. The van der Waals surface area contributed by atoms with E-state index in [-0.39, 0.29) is 23.6 Å². The summed E-state index contributed by atoms with van der Waals surface area (Å²) in [7, 11) is 1.55. The number of methoxy groups -OCH3 is 1. The number of thioether (sulfide) groups is 1. The number of nitrogens with one attached hydrogen (secondary N) is 2. The van der Waals surface area contributed by atoms with E-state index in [0.29, 0.717) is 20.9 Å². The number of carbonyl (C=O) groups is 2. The van der Waals surface area contributed by atoms with E-state index in [0.717, 1.165) is 23.2 Å². The second kappa shape index (κ2) is 11.5. The lowest BCUT2D eigenvalue weighted by Crippen LogP contribution is -2.30. The summed E-state index contributed by atoms with van der Waals surface area (Å²) in [6.45, 7) is 2.35. The van der Waals surface area contributed by atoms with E-state index in [9.17, 15) is 9.59 Å². The van der Waals surface area contributed by atoms with Gasteiger partial charge in [-0.05, 0) is 81.5 Å². The first-order valence-corrected chi connectivity index (χ1v) is 12.9. The highest BCUT2D eigenvalue weighted by Gasteiger charge is 2.27. The Morgan fingerprint density at radius 3 is 2.47 bits per heavy atom. The van der Waals surface area contributed by atoms with Gasteiger partial charge in [0.1, 0.15) is 6.61 Å². The zero-order chi connectivity index (χ0) is 25.7. The molecule has 3 N–H and O–H groups in total. The van der Waals surface area contributed by atoms with Gasteiger partial charge in [-0.3, -0.25) is 4.79 Å². The Balaban J connectivity index is 1.45. The first-order valence-electron chi connectivity index (χ1n) is 11.2. The third-order valence-corrected chi connectivity index (χ3v) is 7.14. The van der Waals surface area contributed by atoms with Crippen molar-refractivity contribution >= 4 is 51.3 Å². The molecule has 0 aromatic heterocycles. The molecule has 0 unspecified atom stereocenters. The van der Waals surface area contributed by atoms with Crippen LogP contribution >= 0.6 is 27.7 Å². The molecule has 7 nitrogen and oxygen atoms in total.